The first-order valence-corrected chi connectivity index (χ1v) is 8.84. The highest BCUT2D eigenvalue weighted by Gasteiger charge is 2.73. The molecular weight excluding hydrogens is 401 g/mol. The van der Waals surface area contributed by atoms with Gasteiger partial charge in [0.2, 0.25) is 0 Å². The lowest BCUT2D eigenvalue weighted by Gasteiger charge is -2.30. The van der Waals surface area contributed by atoms with Crippen molar-refractivity contribution < 1.29 is 49.8 Å². The number of hydrogen-bond acceptors (Lipinski definition) is 4. The van der Waals surface area contributed by atoms with Crippen molar-refractivity contribution in [1.29, 1.82) is 0 Å². The average molecular weight is 424 g/mol. The number of hydrogen-bond donors (Lipinski definition) is 0. The van der Waals surface area contributed by atoms with Crippen LogP contribution in [0, 0.1) is 11.3 Å². The molecular formula is C17H23F7O4. The van der Waals surface area contributed by atoms with E-state index in [2.05, 4.69) is 4.74 Å². The van der Waals surface area contributed by atoms with Crippen LogP contribution in [0.15, 0.2) is 0 Å². The molecule has 0 aromatic carbocycles. The second-order valence-electron chi connectivity index (χ2n) is 7.21. The lowest BCUT2D eigenvalue weighted by atomic mass is 9.87. The standard InChI is InChI=1S/C17H23F7O4/c1-3-14(2,9-27-12(25)11-7-5-4-6-8-11)13(26)28-10-15(18,19)16(20,21)17(22,23)24/h11H,3-10H2,1-2H3. The lowest BCUT2D eigenvalue weighted by Crippen LogP contribution is -2.55. The van der Waals surface area contributed by atoms with Gasteiger partial charge in [-0.25, -0.2) is 0 Å². The highest BCUT2D eigenvalue weighted by Crippen LogP contribution is 2.46. The van der Waals surface area contributed by atoms with Crippen LogP contribution in [0.3, 0.4) is 0 Å². The third kappa shape index (κ3) is 5.50. The second kappa shape index (κ2) is 8.86. The van der Waals surface area contributed by atoms with Gasteiger partial charge in [-0.3, -0.25) is 9.59 Å². The molecule has 1 aliphatic rings. The Kier molecular flexibility index (Phi) is 7.74. The summed E-state index contributed by atoms with van der Waals surface area (Å²) in [5.74, 6) is -14.4. The Morgan fingerprint density at radius 2 is 1.43 bits per heavy atom. The molecule has 1 saturated carbocycles. The number of halogens is 7. The molecule has 0 aromatic rings. The third-order valence-electron chi connectivity index (χ3n) is 4.94. The summed E-state index contributed by atoms with van der Waals surface area (Å²) in [6.45, 7) is -0.398. The van der Waals surface area contributed by atoms with E-state index in [1.807, 2.05) is 0 Å². The van der Waals surface area contributed by atoms with E-state index in [1.54, 1.807) is 0 Å². The van der Waals surface area contributed by atoms with Gasteiger partial charge in [0.15, 0.2) is 6.61 Å². The van der Waals surface area contributed by atoms with Gasteiger partial charge >= 0.3 is 30.0 Å². The molecule has 0 aliphatic heterocycles. The summed E-state index contributed by atoms with van der Waals surface area (Å²) < 4.78 is 97.7. The third-order valence-corrected chi connectivity index (χ3v) is 4.94. The van der Waals surface area contributed by atoms with E-state index in [0.717, 1.165) is 19.3 Å². The molecule has 0 radical (unpaired) electrons. The Labute approximate surface area is 157 Å². The molecule has 0 spiro atoms. The highest BCUT2D eigenvalue weighted by atomic mass is 19.4. The quantitative estimate of drug-likeness (QED) is 0.411. The average Bonchev–Trinajstić information content (AvgIpc) is 2.63. The Morgan fingerprint density at radius 1 is 0.893 bits per heavy atom. The smallest absolute Gasteiger partial charge is 0.460 e. The first-order chi connectivity index (χ1) is 12.7. The van der Waals surface area contributed by atoms with Crippen LogP contribution in [-0.2, 0) is 19.1 Å². The zero-order chi connectivity index (χ0) is 21.8. The van der Waals surface area contributed by atoms with Gasteiger partial charge in [0, 0.05) is 0 Å². The Hall–Kier alpha value is -1.55. The molecule has 1 aliphatic carbocycles. The molecule has 1 atom stereocenters. The fourth-order valence-electron chi connectivity index (χ4n) is 2.62. The predicted octanol–water partition coefficient (Wildman–Crippen LogP) is 4.90. The molecule has 0 N–H and O–H groups in total. The topological polar surface area (TPSA) is 52.6 Å². The maximum absolute atomic E-state index is 13.3. The Bertz CT molecular complexity index is 556. The summed E-state index contributed by atoms with van der Waals surface area (Å²) in [4.78, 5) is 24.1. The SMILES string of the molecule is CCC(C)(COC(=O)C1CCCCC1)C(=O)OCC(F)(F)C(F)(F)C(F)(F)F. The Balaban J connectivity index is 2.69. The van der Waals surface area contributed by atoms with E-state index >= 15 is 0 Å². The van der Waals surface area contributed by atoms with Gasteiger partial charge in [-0.2, -0.15) is 30.7 Å². The van der Waals surface area contributed by atoms with Crippen molar-refractivity contribution in [2.24, 2.45) is 11.3 Å². The highest BCUT2D eigenvalue weighted by molar-refractivity contribution is 5.78. The van der Waals surface area contributed by atoms with Gasteiger partial charge in [-0.15, -0.1) is 0 Å². The fourth-order valence-corrected chi connectivity index (χ4v) is 2.62. The molecule has 28 heavy (non-hydrogen) atoms. The molecule has 1 fully saturated rings. The first kappa shape index (κ1) is 24.5. The van der Waals surface area contributed by atoms with Gasteiger partial charge < -0.3 is 9.47 Å². The van der Waals surface area contributed by atoms with Crippen molar-refractivity contribution >= 4 is 11.9 Å². The van der Waals surface area contributed by atoms with Crippen LogP contribution >= 0.6 is 0 Å². The van der Waals surface area contributed by atoms with Crippen LogP contribution in [0.1, 0.15) is 52.4 Å². The zero-order valence-electron chi connectivity index (χ0n) is 15.5. The molecule has 11 heteroatoms. The number of carbonyl (C=O) groups is 2. The van der Waals surface area contributed by atoms with Crippen molar-refractivity contribution in [3.8, 4) is 0 Å². The van der Waals surface area contributed by atoms with Crippen LogP contribution in [0.4, 0.5) is 30.7 Å². The van der Waals surface area contributed by atoms with Crippen LogP contribution in [0.2, 0.25) is 0 Å². The van der Waals surface area contributed by atoms with Crippen LogP contribution in [-0.4, -0.2) is 43.2 Å². The summed E-state index contributed by atoms with van der Waals surface area (Å²) >= 11 is 0. The molecule has 164 valence electrons. The van der Waals surface area contributed by atoms with E-state index < -0.39 is 48.6 Å². The van der Waals surface area contributed by atoms with E-state index in [-0.39, 0.29) is 12.3 Å². The minimum Gasteiger partial charge on any atom is -0.464 e. The number of ether oxygens (including phenoxy) is 2. The van der Waals surface area contributed by atoms with Crippen molar-refractivity contribution in [2.75, 3.05) is 13.2 Å². The van der Waals surface area contributed by atoms with E-state index in [4.69, 9.17) is 4.74 Å². The van der Waals surface area contributed by atoms with Gasteiger partial charge in [0.25, 0.3) is 0 Å². The molecule has 0 heterocycles. The normalized spacial score (nSPS) is 19.0. The van der Waals surface area contributed by atoms with Gasteiger partial charge in [-0.1, -0.05) is 26.2 Å². The van der Waals surface area contributed by atoms with Crippen molar-refractivity contribution in [2.45, 2.75) is 70.4 Å². The minimum atomic E-state index is -6.51. The second-order valence-corrected chi connectivity index (χ2v) is 7.21. The van der Waals surface area contributed by atoms with E-state index in [9.17, 15) is 40.3 Å². The van der Waals surface area contributed by atoms with Crippen molar-refractivity contribution in [1.82, 2.24) is 0 Å². The maximum atomic E-state index is 13.3. The molecule has 4 nitrogen and oxygen atoms in total. The summed E-state index contributed by atoms with van der Waals surface area (Å²) in [6, 6.07) is 0. The summed E-state index contributed by atoms with van der Waals surface area (Å²) in [5, 5.41) is 0. The molecule has 0 bridgehead atoms. The monoisotopic (exact) mass is 424 g/mol. The van der Waals surface area contributed by atoms with E-state index in [1.165, 1.54) is 13.8 Å². The first-order valence-electron chi connectivity index (χ1n) is 8.84. The molecule has 0 amide bonds. The van der Waals surface area contributed by atoms with Crippen LogP contribution in [0.5, 0.6) is 0 Å². The molecule has 1 rings (SSSR count). The summed E-state index contributed by atoms with van der Waals surface area (Å²) in [5.41, 5.74) is -1.66. The molecule has 1 unspecified atom stereocenters. The number of rotatable bonds is 8. The molecule has 0 saturated heterocycles. The fraction of sp³-hybridized carbons (Fsp3) is 0.882. The van der Waals surface area contributed by atoms with Crippen molar-refractivity contribution in [3.05, 3.63) is 0 Å². The number of esters is 2. The largest absolute Gasteiger partial charge is 0.464 e. The van der Waals surface area contributed by atoms with Crippen LogP contribution in [0.25, 0.3) is 0 Å². The summed E-state index contributed by atoms with van der Waals surface area (Å²) in [6.07, 6.45) is -2.68. The lowest BCUT2D eigenvalue weighted by molar-refractivity contribution is -0.360. The van der Waals surface area contributed by atoms with E-state index in [0.29, 0.717) is 12.8 Å². The number of carbonyl (C=O) groups excluding carboxylic acids is 2. The van der Waals surface area contributed by atoms with Gasteiger partial charge in [0.05, 0.1) is 11.3 Å². The van der Waals surface area contributed by atoms with Crippen LogP contribution < -0.4 is 0 Å². The van der Waals surface area contributed by atoms with Gasteiger partial charge in [-0.05, 0) is 26.2 Å². The molecule has 0 aromatic heterocycles. The minimum absolute atomic E-state index is 0.0784. The predicted molar refractivity (Wildman–Crippen MR) is 82.8 cm³/mol. The number of alkyl halides is 7. The van der Waals surface area contributed by atoms with Gasteiger partial charge in [0.1, 0.15) is 6.61 Å². The Morgan fingerprint density at radius 3 is 1.89 bits per heavy atom. The summed E-state index contributed by atoms with van der Waals surface area (Å²) in [7, 11) is 0. The maximum Gasteiger partial charge on any atom is 0.460 e. The zero-order valence-corrected chi connectivity index (χ0v) is 15.5. The van der Waals surface area contributed by atoms with Crippen molar-refractivity contribution in [3.63, 3.8) is 0 Å².